The summed E-state index contributed by atoms with van der Waals surface area (Å²) in [7, 11) is -3.15. The van der Waals surface area contributed by atoms with Crippen LogP contribution in [0.2, 0.25) is 5.02 Å². The maximum atomic E-state index is 15.3. The van der Waals surface area contributed by atoms with Gasteiger partial charge in [0.05, 0.1) is 29.6 Å². The van der Waals surface area contributed by atoms with Gasteiger partial charge in [-0.15, -0.1) is 0 Å². The zero-order valence-corrected chi connectivity index (χ0v) is 18.8. The topological polar surface area (TPSA) is 106 Å². The number of fused-ring (bicyclic) bond motifs is 1. The van der Waals surface area contributed by atoms with Gasteiger partial charge in [-0.3, -0.25) is 4.72 Å². The Morgan fingerprint density at radius 3 is 2.70 bits per heavy atom. The molecule has 0 aliphatic carbocycles. The molecule has 3 heterocycles. The molecular formula is C21H17ClF2N4O4S. The van der Waals surface area contributed by atoms with Gasteiger partial charge in [-0.2, -0.15) is 0 Å². The van der Waals surface area contributed by atoms with E-state index in [4.69, 9.17) is 21.1 Å². The fraction of sp³-hybridized carbons (Fsp3) is 0.143. The number of methoxy groups -OCH3 is 1. The third-order valence-corrected chi connectivity index (χ3v) is 6.30. The van der Waals surface area contributed by atoms with Crippen molar-refractivity contribution in [3.05, 3.63) is 71.1 Å². The number of sulfonamides is 1. The number of nitrogens with one attached hydrogen (secondary N) is 2. The molecule has 0 aliphatic heterocycles. The predicted molar refractivity (Wildman–Crippen MR) is 118 cm³/mol. The molecule has 8 nitrogen and oxygen atoms in total. The van der Waals surface area contributed by atoms with E-state index in [9.17, 15) is 12.8 Å². The number of aromatic nitrogens is 3. The van der Waals surface area contributed by atoms with Gasteiger partial charge in [0, 0.05) is 17.8 Å². The number of pyridine rings is 2. The Hall–Kier alpha value is -3.44. The molecule has 0 fully saturated rings. The number of hydrogen-bond acceptors (Lipinski definition) is 6. The number of benzene rings is 1. The standard InChI is InChI=1S/C21H17ClF2N4O4S/c1-11(32-14-7-12-5-6-25-20(12)26-10-14)18-15(23)3-4-16(19(18)24)28-33(29,30)17-8-13(22)9-27-21(17)31-2/h3-11,28H,1-2H3,(H,25,26). The molecule has 4 rings (SSSR count). The first-order valence-electron chi connectivity index (χ1n) is 9.49. The highest BCUT2D eigenvalue weighted by Gasteiger charge is 2.26. The van der Waals surface area contributed by atoms with Crippen LogP contribution in [0.1, 0.15) is 18.6 Å². The van der Waals surface area contributed by atoms with E-state index in [0.717, 1.165) is 23.6 Å². The minimum atomic E-state index is -4.37. The SMILES string of the molecule is COc1ncc(Cl)cc1S(=O)(=O)Nc1ccc(F)c(C(C)Oc2cnc3[nH]ccc3c2)c1F. The average molecular weight is 495 g/mol. The zero-order valence-electron chi connectivity index (χ0n) is 17.3. The van der Waals surface area contributed by atoms with Crippen molar-refractivity contribution in [2.24, 2.45) is 0 Å². The highest BCUT2D eigenvalue weighted by atomic mass is 35.5. The van der Waals surface area contributed by atoms with Gasteiger partial charge >= 0.3 is 0 Å². The van der Waals surface area contributed by atoms with E-state index in [0.29, 0.717) is 5.65 Å². The molecule has 4 aromatic rings. The molecule has 1 atom stereocenters. The Labute approximate surface area is 192 Å². The molecule has 0 radical (unpaired) electrons. The number of H-pyrrole nitrogens is 1. The lowest BCUT2D eigenvalue weighted by molar-refractivity contribution is 0.215. The first-order chi connectivity index (χ1) is 15.7. The molecule has 33 heavy (non-hydrogen) atoms. The molecule has 12 heteroatoms. The van der Waals surface area contributed by atoms with Gasteiger partial charge in [0.1, 0.15) is 23.3 Å². The summed E-state index contributed by atoms with van der Waals surface area (Å²) in [5.74, 6) is -1.98. The van der Waals surface area contributed by atoms with E-state index in [1.165, 1.54) is 26.4 Å². The molecule has 1 unspecified atom stereocenters. The van der Waals surface area contributed by atoms with Crippen LogP contribution in [-0.4, -0.2) is 30.5 Å². The molecule has 1 aromatic carbocycles. The van der Waals surface area contributed by atoms with E-state index in [1.54, 1.807) is 18.3 Å². The minimum absolute atomic E-state index is 0.0338. The second kappa shape index (κ2) is 8.83. The quantitative estimate of drug-likeness (QED) is 0.381. The number of hydrogen-bond donors (Lipinski definition) is 2. The Kier molecular flexibility index (Phi) is 6.09. The van der Waals surface area contributed by atoms with Crippen molar-refractivity contribution in [3.8, 4) is 11.6 Å². The van der Waals surface area contributed by atoms with Crippen LogP contribution in [0.25, 0.3) is 11.0 Å². The second-order valence-corrected chi connectivity index (χ2v) is 9.02. The number of anilines is 1. The summed E-state index contributed by atoms with van der Waals surface area (Å²) in [6, 6.07) is 6.45. The summed E-state index contributed by atoms with van der Waals surface area (Å²) in [5.41, 5.74) is -0.307. The smallest absolute Gasteiger partial charge is 0.267 e. The first kappa shape index (κ1) is 22.7. The summed E-state index contributed by atoms with van der Waals surface area (Å²) >= 11 is 5.85. The van der Waals surface area contributed by atoms with E-state index >= 15 is 4.39 Å². The predicted octanol–water partition coefficient (Wildman–Crippen LogP) is 4.84. The summed E-state index contributed by atoms with van der Waals surface area (Å²) in [6.07, 6.45) is 3.21. The Morgan fingerprint density at radius 2 is 1.94 bits per heavy atom. The van der Waals surface area contributed by atoms with Crippen molar-refractivity contribution in [1.29, 1.82) is 0 Å². The van der Waals surface area contributed by atoms with Crippen molar-refractivity contribution < 1.29 is 26.7 Å². The maximum absolute atomic E-state index is 15.3. The van der Waals surface area contributed by atoms with Gasteiger partial charge in [0.2, 0.25) is 5.88 Å². The Balaban J connectivity index is 1.65. The van der Waals surface area contributed by atoms with Crippen molar-refractivity contribution >= 4 is 38.3 Å². The van der Waals surface area contributed by atoms with Crippen LogP contribution in [0.5, 0.6) is 11.6 Å². The summed E-state index contributed by atoms with van der Waals surface area (Å²) < 4.78 is 68.2. The van der Waals surface area contributed by atoms with Crippen LogP contribution < -0.4 is 14.2 Å². The first-order valence-corrected chi connectivity index (χ1v) is 11.4. The Bertz CT molecular complexity index is 1450. The summed E-state index contributed by atoms with van der Waals surface area (Å²) in [5, 5.41) is 0.790. The summed E-state index contributed by atoms with van der Waals surface area (Å²) in [6.45, 7) is 1.44. The van der Waals surface area contributed by atoms with E-state index in [1.807, 2.05) is 0 Å². The molecule has 0 saturated carbocycles. The number of nitrogens with zero attached hydrogens (tertiary/aromatic N) is 2. The normalized spacial score (nSPS) is 12.5. The lowest BCUT2D eigenvalue weighted by Gasteiger charge is -2.18. The van der Waals surface area contributed by atoms with E-state index in [-0.39, 0.29) is 16.7 Å². The highest BCUT2D eigenvalue weighted by Crippen LogP contribution is 2.33. The van der Waals surface area contributed by atoms with Crippen LogP contribution in [0.15, 0.2) is 53.8 Å². The third kappa shape index (κ3) is 4.55. The van der Waals surface area contributed by atoms with Crippen molar-refractivity contribution in [2.45, 2.75) is 17.9 Å². The van der Waals surface area contributed by atoms with Gasteiger partial charge in [-0.25, -0.2) is 27.2 Å². The molecule has 0 bridgehead atoms. The largest absolute Gasteiger partial charge is 0.484 e. The second-order valence-electron chi connectivity index (χ2n) is 6.94. The molecule has 0 saturated heterocycles. The monoisotopic (exact) mass is 494 g/mol. The minimum Gasteiger partial charge on any atom is -0.484 e. The van der Waals surface area contributed by atoms with Crippen LogP contribution in [-0.2, 0) is 10.0 Å². The van der Waals surface area contributed by atoms with Gasteiger partial charge in [-0.05, 0) is 37.3 Å². The van der Waals surface area contributed by atoms with Gasteiger partial charge in [0.15, 0.2) is 10.7 Å². The van der Waals surface area contributed by atoms with Crippen LogP contribution in [0.3, 0.4) is 0 Å². The van der Waals surface area contributed by atoms with Crippen molar-refractivity contribution in [3.63, 3.8) is 0 Å². The number of ether oxygens (including phenoxy) is 2. The molecule has 0 aliphatic rings. The number of rotatable bonds is 7. The van der Waals surface area contributed by atoms with Gasteiger partial charge < -0.3 is 14.5 Å². The van der Waals surface area contributed by atoms with Crippen molar-refractivity contribution in [2.75, 3.05) is 11.8 Å². The molecule has 172 valence electrons. The van der Waals surface area contributed by atoms with Crippen LogP contribution in [0.4, 0.5) is 14.5 Å². The van der Waals surface area contributed by atoms with Gasteiger partial charge in [0.25, 0.3) is 10.0 Å². The number of halogens is 3. The lowest BCUT2D eigenvalue weighted by atomic mass is 10.1. The van der Waals surface area contributed by atoms with Crippen LogP contribution >= 0.6 is 11.6 Å². The van der Waals surface area contributed by atoms with Crippen molar-refractivity contribution in [1.82, 2.24) is 15.0 Å². The maximum Gasteiger partial charge on any atom is 0.267 e. The fourth-order valence-electron chi connectivity index (χ4n) is 3.22. The Morgan fingerprint density at radius 1 is 1.15 bits per heavy atom. The third-order valence-electron chi connectivity index (χ3n) is 4.73. The fourth-order valence-corrected chi connectivity index (χ4v) is 4.65. The molecule has 3 aromatic heterocycles. The molecule has 2 N–H and O–H groups in total. The number of aromatic amines is 1. The molecule has 0 spiro atoms. The van der Waals surface area contributed by atoms with E-state index in [2.05, 4.69) is 19.7 Å². The van der Waals surface area contributed by atoms with Crippen LogP contribution in [0, 0.1) is 11.6 Å². The average Bonchev–Trinajstić information content (AvgIpc) is 3.23. The van der Waals surface area contributed by atoms with E-state index < -0.39 is 43.9 Å². The lowest BCUT2D eigenvalue weighted by Crippen LogP contribution is -2.17. The highest BCUT2D eigenvalue weighted by molar-refractivity contribution is 7.92. The molecular weight excluding hydrogens is 478 g/mol. The molecule has 0 amide bonds. The summed E-state index contributed by atoms with van der Waals surface area (Å²) in [4.78, 5) is 10.5. The zero-order chi connectivity index (χ0) is 23.8. The van der Waals surface area contributed by atoms with Gasteiger partial charge in [-0.1, -0.05) is 11.6 Å².